The van der Waals surface area contributed by atoms with Crippen LogP contribution in [-0.2, 0) is 16.2 Å². The number of aromatic nitrogens is 4. The van der Waals surface area contributed by atoms with Gasteiger partial charge in [-0.3, -0.25) is 0 Å². The van der Waals surface area contributed by atoms with Gasteiger partial charge in [0.25, 0.3) is 15.8 Å². The number of fused-ring (bicyclic) bond motifs is 1. The van der Waals surface area contributed by atoms with Crippen molar-refractivity contribution in [2.24, 2.45) is 0 Å². The monoisotopic (exact) mass is 406 g/mol. The molecule has 0 atom stereocenters. The van der Waals surface area contributed by atoms with Gasteiger partial charge in [-0.1, -0.05) is 6.07 Å². The van der Waals surface area contributed by atoms with Gasteiger partial charge in [0.15, 0.2) is 5.65 Å². The predicted octanol–water partition coefficient (Wildman–Crippen LogP) is 1.94. The van der Waals surface area contributed by atoms with Crippen molar-refractivity contribution in [1.29, 1.82) is 0 Å². The zero-order valence-electron chi connectivity index (χ0n) is 13.3. The molecule has 0 aliphatic carbocycles. The number of anilines is 1. The first kappa shape index (κ1) is 18.5. The molecule has 0 unspecified atom stereocenters. The fraction of sp³-hybridized carbons (Fsp3) is 0.308. The number of sulfonamides is 1. The minimum absolute atomic E-state index is 0.0414. The van der Waals surface area contributed by atoms with Crippen LogP contribution < -0.4 is 5.32 Å². The second-order valence-electron chi connectivity index (χ2n) is 5.20. The number of halogens is 3. The summed E-state index contributed by atoms with van der Waals surface area (Å²) in [7, 11) is -2.16. The minimum atomic E-state index is -4.68. The maximum atomic E-state index is 12.9. The Bertz CT molecular complexity index is 1000. The lowest BCUT2D eigenvalue weighted by molar-refractivity contribution is -0.146. The maximum absolute atomic E-state index is 12.9. The normalized spacial score (nSPS) is 12.8. The largest absolute Gasteiger partial charge is 0.453 e. The van der Waals surface area contributed by atoms with Gasteiger partial charge in [0.05, 0.1) is 0 Å². The van der Waals surface area contributed by atoms with Crippen LogP contribution >= 0.6 is 11.3 Å². The van der Waals surface area contributed by atoms with Gasteiger partial charge in [-0.2, -0.15) is 22.0 Å². The third kappa shape index (κ3) is 3.64. The zero-order chi connectivity index (χ0) is 18.9. The molecule has 0 amide bonds. The lowest BCUT2D eigenvalue weighted by Gasteiger charge is -2.16. The van der Waals surface area contributed by atoms with Crippen LogP contribution in [0.5, 0.6) is 0 Å². The van der Waals surface area contributed by atoms with E-state index in [-0.39, 0.29) is 28.8 Å². The number of hydrogen-bond acceptors (Lipinski definition) is 7. The first-order chi connectivity index (χ1) is 12.2. The summed E-state index contributed by atoms with van der Waals surface area (Å²) < 4.78 is 65.1. The van der Waals surface area contributed by atoms with Crippen molar-refractivity contribution in [2.75, 3.05) is 25.5 Å². The first-order valence-corrected chi connectivity index (χ1v) is 9.55. The molecule has 0 aliphatic rings. The summed E-state index contributed by atoms with van der Waals surface area (Å²) in [6.07, 6.45) is -4.68. The molecule has 0 aliphatic heterocycles. The van der Waals surface area contributed by atoms with Crippen molar-refractivity contribution in [1.82, 2.24) is 24.1 Å². The van der Waals surface area contributed by atoms with Crippen LogP contribution in [0.25, 0.3) is 5.65 Å². The van der Waals surface area contributed by atoms with E-state index in [0.29, 0.717) is 4.52 Å². The molecule has 3 aromatic heterocycles. The molecule has 0 radical (unpaired) electrons. The van der Waals surface area contributed by atoms with E-state index >= 15 is 0 Å². The van der Waals surface area contributed by atoms with Crippen LogP contribution in [0.3, 0.4) is 0 Å². The van der Waals surface area contributed by atoms with Crippen LogP contribution in [0.2, 0.25) is 0 Å². The Balaban J connectivity index is 1.68. The Hall–Kier alpha value is -2.25. The van der Waals surface area contributed by atoms with Gasteiger partial charge < -0.3 is 5.32 Å². The lowest BCUT2D eigenvalue weighted by atomic mass is 10.5. The Kier molecular flexibility index (Phi) is 4.86. The molecule has 140 valence electrons. The Labute approximate surface area is 150 Å². The molecule has 0 saturated carbocycles. The predicted molar refractivity (Wildman–Crippen MR) is 88.4 cm³/mol. The third-order valence-electron chi connectivity index (χ3n) is 3.41. The molecule has 3 rings (SSSR count). The first-order valence-electron chi connectivity index (χ1n) is 7.23. The third-order valence-corrected chi connectivity index (χ3v) is 6.64. The molecule has 0 bridgehead atoms. The molecule has 0 fully saturated rings. The number of thiophene rings is 1. The highest BCUT2D eigenvalue weighted by Crippen LogP contribution is 2.27. The molecule has 26 heavy (non-hydrogen) atoms. The average molecular weight is 406 g/mol. The standard InChI is InChI=1S/C13H13F3N6O2S2/c1-21(26(23,24)11-3-2-8-25-11)7-6-17-9-4-5-10-18-19-12(13(14,15)16)22(10)20-9/h2-5,8H,6-7H2,1H3,(H,17,20). The molecular weight excluding hydrogens is 393 g/mol. The van der Waals surface area contributed by atoms with Crippen molar-refractivity contribution in [3.63, 3.8) is 0 Å². The van der Waals surface area contributed by atoms with Gasteiger partial charge in [0.2, 0.25) is 0 Å². The number of hydrogen-bond donors (Lipinski definition) is 1. The van der Waals surface area contributed by atoms with E-state index in [1.165, 1.54) is 25.2 Å². The second-order valence-corrected chi connectivity index (χ2v) is 8.41. The zero-order valence-corrected chi connectivity index (χ0v) is 14.9. The number of likely N-dealkylation sites (N-methyl/N-ethyl adjacent to an activating group) is 1. The van der Waals surface area contributed by atoms with Gasteiger partial charge >= 0.3 is 6.18 Å². The molecule has 3 aromatic rings. The van der Waals surface area contributed by atoms with Crippen molar-refractivity contribution in [3.8, 4) is 0 Å². The maximum Gasteiger partial charge on any atom is 0.453 e. The van der Waals surface area contributed by atoms with E-state index in [1.54, 1.807) is 11.4 Å². The van der Waals surface area contributed by atoms with E-state index in [1.807, 2.05) is 0 Å². The molecule has 8 nitrogen and oxygen atoms in total. The van der Waals surface area contributed by atoms with Crippen LogP contribution in [0.1, 0.15) is 5.82 Å². The number of nitrogens with one attached hydrogen (secondary N) is 1. The highest BCUT2D eigenvalue weighted by Gasteiger charge is 2.37. The average Bonchev–Trinajstić information content (AvgIpc) is 3.23. The number of rotatable bonds is 6. The van der Waals surface area contributed by atoms with E-state index in [9.17, 15) is 21.6 Å². The van der Waals surface area contributed by atoms with Crippen molar-refractivity contribution >= 4 is 32.8 Å². The molecular formula is C13H13F3N6O2S2. The van der Waals surface area contributed by atoms with Gasteiger partial charge in [0.1, 0.15) is 10.0 Å². The molecule has 3 heterocycles. The summed E-state index contributed by atoms with van der Waals surface area (Å²) in [5.41, 5.74) is -0.0414. The van der Waals surface area contributed by atoms with E-state index in [4.69, 9.17) is 0 Å². The lowest BCUT2D eigenvalue weighted by Crippen LogP contribution is -2.31. The summed E-state index contributed by atoms with van der Waals surface area (Å²) in [6, 6.07) is 5.92. The molecule has 0 spiro atoms. The highest BCUT2D eigenvalue weighted by atomic mass is 32.2. The van der Waals surface area contributed by atoms with Crippen molar-refractivity contribution in [2.45, 2.75) is 10.4 Å². The summed E-state index contributed by atoms with van der Waals surface area (Å²) in [4.78, 5) is 0. The highest BCUT2D eigenvalue weighted by molar-refractivity contribution is 7.91. The quantitative estimate of drug-likeness (QED) is 0.673. The Morgan fingerprint density at radius 3 is 2.69 bits per heavy atom. The number of alkyl halides is 3. The van der Waals surface area contributed by atoms with E-state index in [2.05, 4.69) is 20.6 Å². The minimum Gasteiger partial charge on any atom is -0.367 e. The summed E-state index contributed by atoms with van der Waals surface area (Å²) in [5.74, 6) is -1.08. The SMILES string of the molecule is CN(CCNc1ccc2nnc(C(F)(F)F)n2n1)S(=O)(=O)c1cccs1. The Morgan fingerprint density at radius 1 is 1.27 bits per heavy atom. The molecule has 13 heteroatoms. The second kappa shape index (κ2) is 6.81. The van der Waals surface area contributed by atoms with Gasteiger partial charge in [0, 0.05) is 20.1 Å². The smallest absolute Gasteiger partial charge is 0.367 e. The van der Waals surface area contributed by atoms with E-state index < -0.39 is 22.0 Å². The van der Waals surface area contributed by atoms with Crippen LogP contribution in [0.15, 0.2) is 33.9 Å². The fourth-order valence-corrected chi connectivity index (χ4v) is 4.46. The molecule has 0 aromatic carbocycles. The summed E-state index contributed by atoms with van der Waals surface area (Å²) >= 11 is 1.11. The summed E-state index contributed by atoms with van der Waals surface area (Å²) in [5, 5.41) is 14.8. The van der Waals surface area contributed by atoms with Crippen molar-refractivity contribution < 1.29 is 21.6 Å². The van der Waals surface area contributed by atoms with Crippen molar-refractivity contribution in [3.05, 3.63) is 35.5 Å². The Morgan fingerprint density at radius 2 is 2.04 bits per heavy atom. The summed E-state index contributed by atoms with van der Waals surface area (Å²) in [6.45, 7) is 0.261. The van der Waals surface area contributed by atoms with Crippen LogP contribution in [0.4, 0.5) is 19.0 Å². The fourth-order valence-electron chi connectivity index (χ4n) is 2.09. The molecule has 0 saturated heterocycles. The van der Waals surface area contributed by atoms with Gasteiger partial charge in [-0.05, 0) is 23.6 Å². The van der Waals surface area contributed by atoms with Crippen LogP contribution in [0, 0.1) is 0 Å². The molecule has 1 N–H and O–H groups in total. The van der Waals surface area contributed by atoms with E-state index in [0.717, 1.165) is 15.6 Å². The number of nitrogens with zero attached hydrogens (tertiary/aromatic N) is 5. The van der Waals surface area contributed by atoms with Gasteiger partial charge in [-0.25, -0.2) is 8.42 Å². The topological polar surface area (TPSA) is 92.5 Å². The van der Waals surface area contributed by atoms with Gasteiger partial charge in [-0.15, -0.1) is 26.6 Å². The van der Waals surface area contributed by atoms with Crippen LogP contribution in [-0.4, -0.2) is 52.7 Å².